The number of likely N-dealkylation sites (tertiary alicyclic amines) is 1. The summed E-state index contributed by atoms with van der Waals surface area (Å²) >= 11 is 0. The van der Waals surface area contributed by atoms with Crippen molar-refractivity contribution < 1.29 is 19.1 Å². The van der Waals surface area contributed by atoms with Gasteiger partial charge < -0.3 is 20.3 Å². The molecule has 0 radical (unpaired) electrons. The van der Waals surface area contributed by atoms with Crippen LogP contribution in [0.4, 0.5) is 4.79 Å². The summed E-state index contributed by atoms with van der Waals surface area (Å²) in [4.78, 5) is 42.7. The Kier molecular flexibility index (Phi) is 8.81. The number of rotatable bonds is 9. The molecule has 2 aromatic carbocycles. The summed E-state index contributed by atoms with van der Waals surface area (Å²) in [5, 5.41) is 6.13. The van der Waals surface area contributed by atoms with Crippen LogP contribution in [0.5, 0.6) is 5.75 Å². The van der Waals surface area contributed by atoms with Crippen LogP contribution in [0.1, 0.15) is 43.2 Å². The molecule has 4 amide bonds. The van der Waals surface area contributed by atoms with Crippen LogP contribution >= 0.6 is 0 Å². The molecule has 1 aliphatic carbocycles. The van der Waals surface area contributed by atoms with Crippen molar-refractivity contribution in [2.75, 3.05) is 33.3 Å². The lowest BCUT2D eigenvalue weighted by molar-refractivity contribution is -0.139. The van der Waals surface area contributed by atoms with Crippen molar-refractivity contribution in [2.45, 2.75) is 51.1 Å². The van der Waals surface area contributed by atoms with Crippen molar-refractivity contribution in [1.82, 2.24) is 20.4 Å². The molecule has 2 aliphatic heterocycles. The Morgan fingerprint density at radius 3 is 2.44 bits per heavy atom. The summed E-state index contributed by atoms with van der Waals surface area (Å²) < 4.78 is 5.18. The number of ether oxygens (including phenoxy) is 1. The molecule has 3 atom stereocenters. The van der Waals surface area contributed by atoms with Crippen LogP contribution < -0.4 is 15.4 Å². The van der Waals surface area contributed by atoms with Crippen molar-refractivity contribution in [3.8, 4) is 5.75 Å². The minimum atomic E-state index is -0.381. The number of carbonyl (C=O) groups is 3. The normalized spacial score (nSPS) is 24.1. The van der Waals surface area contributed by atoms with E-state index >= 15 is 0 Å². The number of benzene rings is 2. The molecule has 3 aliphatic rings. The molecule has 0 spiro atoms. The van der Waals surface area contributed by atoms with Gasteiger partial charge in [0.05, 0.1) is 19.6 Å². The number of urea groups is 1. The lowest BCUT2D eigenvalue weighted by atomic mass is 9.76. The third-order valence-electron chi connectivity index (χ3n) is 8.66. The van der Waals surface area contributed by atoms with Gasteiger partial charge in [-0.1, -0.05) is 42.5 Å². The largest absolute Gasteiger partial charge is 0.497 e. The fourth-order valence-corrected chi connectivity index (χ4v) is 6.31. The number of hydrogen-bond acceptors (Lipinski definition) is 5. The van der Waals surface area contributed by atoms with Gasteiger partial charge in [0.1, 0.15) is 5.75 Å². The second kappa shape index (κ2) is 12.6. The zero-order chi connectivity index (χ0) is 27.2. The molecule has 39 heavy (non-hydrogen) atoms. The highest BCUT2D eigenvalue weighted by molar-refractivity contribution is 5.99. The number of methoxy groups -OCH3 is 1. The Morgan fingerprint density at radius 2 is 1.72 bits per heavy atom. The van der Waals surface area contributed by atoms with Crippen LogP contribution in [0, 0.1) is 17.8 Å². The predicted octanol–water partition coefficient (Wildman–Crippen LogP) is 3.60. The average molecular weight is 533 g/mol. The Morgan fingerprint density at radius 1 is 0.974 bits per heavy atom. The van der Waals surface area contributed by atoms with E-state index in [9.17, 15) is 14.4 Å². The van der Waals surface area contributed by atoms with Crippen molar-refractivity contribution >= 4 is 17.8 Å². The first-order valence-corrected chi connectivity index (χ1v) is 14.3. The smallest absolute Gasteiger partial charge is 0.324 e. The zero-order valence-corrected chi connectivity index (χ0v) is 22.8. The summed E-state index contributed by atoms with van der Waals surface area (Å²) in [5.41, 5.74) is 2.28. The Hall–Kier alpha value is -3.39. The van der Waals surface area contributed by atoms with Gasteiger partial charge in [0.15, 0.2) is 0 Å². The number of nitrogens with one attached hydrogen (secondary N) is 2. The van der Waals surface area contributed by atoms with Crippen molar-refractivity contribution in [2.24, 2.45) is 17.8 Å². The van der Waals surface area contributed by atoms with Gasteiger partial charge in [0, 0.05) is 25.0 Å². The Bertz CT molecular complexity index is 1130. The molecule has 3 fully saturated rings. The fraction of sp³-hybridized carbons (Fsp3) is 0.516. The van der Waals surface area contributed by atoms with E-state index in [1.807, 2.05) is 24.3 Å². The number of fused-ring (bicyclic) bond motifs is 1. The maximum Gasteiger partial charge on any atom is 0.324 e. The van der Waals surface area contributed by atoms with Gasteiger partial charge in [-0.3, -0.25) is 14.5 Å². The number of amides is 4. The number of carbonyl (C=O) groups excluding carboxylic acids is 3. The van der Waals surface area contributed by atoms with Crippen LogP contribution in [0.2, 0.25) is 0 Å². The van der Waals surface area contributed by atoms with Gasteiger partial charge in [-0.2, -0.15) is 0 Å². The van der Waals surface area contributed by atoms with E-state index in [1.54, 1.807) is 7.11 Å². The second-order valence-corrected chi connectivity index (χ2v) is 11.2. The van der Waals surface area contributed by atoms with Gasteiger partial charge in [0.25, 0.3) is 0 Å². The first-order chi connectivity index (χ1) is 19.0. The first-order valence-electron chi connectivity index (χ1n) is 14.3. The van der Waals surface area contributed by atoms with Gasteiger partial charge in [-0.05, 0) is 80.8 Å². The van der Waals surface area contributed by atoms with Crippen molar-refractivity contribution in [1.29, 1.82) is 0 Å². The molecule has 2 saturated heterocycles. The highest BCUT2D eigenvalue weighted by Gasteiger charge is 2.45. The first kappa shape index (κ1) is 27.2. The summed E-state index contributed by atoms with van der Waals surface area (Å²) in [5.74, 6) is 0.900. The van der Waals surface area contributed by atoms with E-state index in [-0.39, 0.29) is 42.3 Å². The molecule has 0 aromatic heterocycles. The van der Waals surface area contributed by atoms with Crippen LogP contribution in [0.15, 0.2) is 54.6 Å². The van der Waals surface area contributed by atoms with E-state index in [2.05, 4.69) is 45.9 Å². The summed E-state index contributed by atoms with van der Waals surface area (Å²) in [7, 11) is 1.60. The lowest BCUT2D eigenvalue weighted by Crippen LogP contribution is -2.61. The number of nitrogens with zero attached hydrogens (tertiary/aromatic N) is 2. The molecular weight excluding hydrogens is 492 g/mol. The highest BCUT2D eigenvalue weighted by atomic mass is 16.5. The van der Waals surface area contributed by atoms with Crippen molar-refractivity contribution in [3.63, 3.8) is 0 Å². The van der Waals surface area contributed by atoms with Crippen molar-refractivity contribution in [3.05, 3.63) is 65.7 Å². The minimum absolute atomic E-state index is 0.0368. The average Bonchev–Trinajstić information content (AvgIpc) is 2.96. The number of hydrogen-bond donors (Lipinski definition) is 2. The molecule has 2 aromatic rings. The summed E-state index contributed by atoms with van der Waals surface area (Å²) in [6.07, 6.45) is 5.31. The third kappa shape index (κ3) is 6.79. The molecule has 1 saturated carbocycles. The van der Waals surface area contributed by atoms with E-state index in [0.29, 0.717) is 25.8 Å². The monoisotopic (exact) mass is 532 g/mol. The van der Waals surface area contributed by atoms with Gasteiger partial charge in [0.2, 0.25) is 11.8 Å². The van der Waals surface area contributed by atoms with Crippen LogP contribution in [0.3, 0.4) is 0 Å². The van der Waals surface area contributed by atoms with E-state index < -0.39 is 0 Å². The van der Waals surface area contributed by atoms with Crippen LogP contribution in [0.25, 0.3) is 0 Å². The third-order valence-corrected chi connectivity index (χ3v) is 8.66. The quantitative estimate of drug-likeness (QED) is 0.515. The molecule has 8 nitrogen and oxygen atoms in total. The topological polar surface area (TPSA) is 91.0 Å². The molecule has 2 N–H and O–H groups in total. The predicted molar refractivity (Wildman–Crippen MR) is 149 cm³/mol. The standard InChI is InChI=1S/C31H40N4O4/c1-39-26-10-7-24(8-11-26)21-35-30(37)27-12-9-25(20-28(27)33-31(35)38)29(36)32-15-18-34-16-13-23(14-17-34)19-22-5-3-2-4-6-22/h2-8,10-11,23,25,27-28H,9,12-21H2,1H3,(H,32,36)(H,33,38). The molecule has 2 heterocycles. The number of piperidine rings is 1. The Labute approximate surface area is 231 Å². The SMILES string of the molecule is COc1ccc(CN2C(=O)NC3CC(C(=O)NCCN4CCC(Cc5ccccc5)CC4)CCC3C2=O)cc1. The van der Waals surface area contributed by atoms with E-state index in [0.717, 1.165) is 43.3 Å². The van der Waals surface area contributed by atoms with E-state index in [1.165, 1.54) is 23.3 Å². The second-order valence-electron chi connectivity index (χ2n) is 11.2. The fourth-order valence-electron chi connectivity index (χ4n) is 6.31. The summed E-state index contributed by atoms with van der Waals surface area (Å²) in [6.45, 7) is 3.86. The number of imide groups is 1. The lowest BCUT2D eigenvalue weighted by Gasteiger charge is -2.42. The Balaban J connectivity index is 1.03. The maximum absolute atomic E-state index is 13.2. The molecule has 5 rings (SSSR count). The molecule has 3 unspecified atom stereocenters. The van der Waals surface area contributed by atoms with Gasteiger partial charge in [-0.25, -0.2) is 4.79 Å². The van der Waals surface area contributed by atoms with E-state index in [4.69, 9.17) is 4.74 Å². The maximum atomic E-state index is 13.2. The minimum Gasteiger partial charge on any atom is -0.497 e. The molecular formula is C31H40N4O4. The van der Waals surface area contributed by atoms with Gasteiger partial charge >= 0.3 is 6.03 Å². The van der Waals surface area contributed by atoms with Crippen LogP contribution in [-0.4, -0.2) is 67.0 Å². The molecule has 8 heteroatoms. The molecule has 208 valence electrons. The zero-order valence-electron chi connectivity index (χ0n) is 22.8. The van der Waals surface area contributed by atoms with Crippen LogP contribution in [-0.2, 0) is 22.6 Å². The highest BCUT2D eigenvalue weighted by Crippen LogP contribution is 2.33. The van der Waals surface area contributed by atoms with Gasteiger partial charge in [-0.15, -0.1) is 0 Å². The molecule has 0 bridgehead atoms. The summed E-state index contributed by atoms with van der Waals surface area (Å²) in [6, 6.07) is 17.4.